The molecule has 0 aliphatic rings. The molecule has 1 aromatic carbocycles. The molecule has 22 heavy (non-hydrogen) atoms. The van der Waals surface area contributed by atoms with E-state index in [1.165, 1.54) is 10.8 Å². The van der Waals surface area contributed by atoms with Gasteiger partial charge in [-0.2, -0.15) is 0 Å². The van der Waals surface area contributed by atoms with E-state index in [0.29, 0.717) is 11.6 Å². The van der Waals surface area contributed by atoms with Gasteiger partial charge in [0.05, 0.1) is 6.54 Å². The fourth-order valence-corrected chi connectivity index (χ4v) is 2.40. The van der Waals surface area contributed by atoms with E-state index >= 15 is 0 Å². The molecule has 0 spiro atoms. The van der Waals surface area contributed by atoms with Crippen molar-refractivity contribution in [3.63, 3.8) is 0 Å². The lowest BCUT2D eigenvalue weighted by molar-refractivity contribution is 0.0530. The van der Waals surface area contributed by atoms with Crippen LogP contribution in [0.2, 0.25) is 5.02 Å². The van der Waals surface area contributed by atoms with Crippen LogP contribution in [-0.2, 0) is 11.3 Å². The first-order valence-corrected chi connectivity index (χ1v) is 7.79. The van der Waals surface area contributed by atoms with Crippen LogP contribution in [0.4, 0.5) is 4.79 Å². The van der Waals surface area contributed by atoms with Gasteiger partial charge in [-0.3, -0.25) is 4.57 Å². The Morgan fingerprint density at radius 2 is 2.00 bits per heavy atom. The molecule has 0 unspecified atom stereocenters. The van der Waals surface area contributed by atoms with Gasteiger partial charge in [0.15, 0.2) is 0 Å². The third-order valence-corrected chi connectivity index (χ3v) is 3.79. The quantitative estimate of drug-likeness (QED) is 0.785. The van der Waals surface area contributed by atoms with Crippen molar-refractivity contribution in [2.45, 2.75) is 32.9 Å². The number of rotatable bonds is 2. The summed E-state index contributed by atoms with van der Waals surface area (Å²) in [7, 11) is 0. The molecule has 0 fully saturated rings. The van der Waals surface area contributed by atoms with Gasteiger partial charge in [0.25, 0.3) is 0 Å². The first-order chi connectivity index (χ1) is 10.2. The first kappa shape index (κ1) is 16.8. The van der Waals surface area contributed by atoms with Gasteiger partial charge in [-0.1, -0.05) is 27.5 Å². The van der Waals surface area contributed by atoms with E-state index < -0.39 is 17.4 Å². The summed E-state index contributed by atoms with van der Waals surface area (Å²) in [5.74, 6) is 0. The normalized spacial score (nSPS) is 11.5. The van der Waals surface area contributed by atoms with Gasteiger partial charge in [0.1, 0.15) is 5.60 Å². The van der Waals surface area contributed by atoms with Crippen LogP contribution in [0.15, 0.2) is 39.9 Å². The van der Waals surface area contributed by atoms with E-state index in [9.17, 15) is 9.59 Å². The Morgan fingerprint density at radius 3 is 2.64 bits per heavy atom. The molecule has 118 valence electrons. The second-order valence-corrected chi connectivity index (χ2v) is 7.09. The lowest BCUT2D eigenvalue weighted by Gasteiger charge is -2.18. The van der Waals surface area contributed by atoms with Crippen molar-refractivity contribution < 1.29 is 9.53 Å². The molecule has 0 amide bonds. The smallest absolute Gasteiger partial charge is 0.422 e. The van der Waals surface area contributed by atoms with E-state index in [1.807, 2.05) is 6.07 Å². The molecule has 0 aliphatic carbocycles. The van der Waals surface area contributed by atoms with Crippen molar-refractivity contribution >= 4 is 33.6 Å². The molecule has 0 atom stereocenters. The van der Waals surface area contributed by atoms with E-state index in [1.54, 1.807) is 39.1 Å². The number of imidazole rings is 1. The summed E-state index contributed by atoms with van der Waals surface area (Å²) < 4.78 is 8.40. The van der Waals surface area contributed by atoms with Crippen molar-refractivity contribution in [3.05, 3.63) is 56.1 Å². The number of hydrogen-bond acceptors (Lipinski definition) is 3. The zero-order chi connectivity index (χ0) is 16.5. The number of benzene rings is 1. The number of aromatic nitrogens is 2. The summed E-state index contributed by atoms with van der Waals surface area (Å²) in [4.78, 5) is 24.2. The molecule has 0 saturated heterocycles. The lowest BCUT2D eigenvalue weighted by atomic mass is 10.2. The molecular formula is C15H16BrClN2O3. The Morgan fingerprint density at radius 1 is 1.32 bits per heavy atom. The van der Waals surface area contributed by atoms with Crippen molar-refractivity contribution in [2.75, 3.05) is 0 Å². The van der Waals surface area contributed by atoms with Gasteiger partial charge in [-0.25, -0.2) is 14.2 Å². The van der Waals surface area contributed by atoms with Crippen molar-refractivity contribution in [3.8, 4) is 0 Å². The van der Waals surface area contributed by atoms with Crippen LogP contribution < -0.4 is 5.69 Å². The third-order valence-electron chi connectivity index (χ3n) is 2.79. The van der Waals surface area contributed by atoms with Crippen LogP contribution in [-0.4, -0.2) is 20.8 Å². The van der Waals surface area contributed by atoms with Gasteiger partial charge < -0.3 is 4.74 Å². The molecule has 0 N–H and O–H groups in total. The maximum Gasteiger partial charge on any atom is 0.422 e. The van der Waals surface area contributed by atoms with Crippen molar-refractivity contribution in [1.82, 2.24) is 9.13 Å². The highest BCUT2D eigenvalue weighted by Gasteiger charge is 2.20. The van der Waals surface area contributed by atoms with Crippen molar-refractivity contribution in [1.29, 1.82) is 0 Å². The molecule has 2 aromatic rings. The standard InChI is InChI=1S/C15H16BrClN2O3/c1-15(2,3)22-14(21)19-7-6-18(13(19)20)9-10-8-11(17)4-5-12(10)16/h4-8H,9H2,1-3H3. The number of carbonyl (C=O) groups is 1. The van der Waals surface area contributed by atoms with Crippen LogP contribution in [0.3, 0.4) is 0 Å². The van der Waals surface area contributed by atoms with Crippen LogP contribution in [0.1, 0.15) is 26.3 Å². The largest absolute Gasteiger partial charge is 0.443 e. The first-order valence-electron chi connectivity index (χ1n) is 6.62. The van der Waals surface area contributed by atoms with E-state index in [4.69, 9.17) is 16.3 Å². The van der Waals surface area contributed by atoms with Gasteiger partial charge >= 0.3 is 11.8 Å². The Bertz CT molecular complexity index is 759. The molecule has 1 aromatic heterocycles. The molecule has 1 heterocycles. The number of halogens is 2. The second kappa shape index (κ2) is 6.30. The van der Waals surface area contributed by atoms with Gasteiger partial charge in [0.2, 0.25) is 0 Å². The highest BCUT2D eigenvalue weighted by molar-refractivity contribution is 9.10. The van der Waals surface area contributed by atoms with Crippen LogP contribution in [0.5, 0.6) is 0 Å². The van der Waals surface area contributed by atoms with Crippen LogP contribution >= 0.6 is 27.5 Å². The Balaban J connectivity index is 2.27. The topological polar surface area (TPSA) is 53.2 Å². The molecule has 7 heteroatoms. The average molecular weight is 388 g/mol. The van der Waals surface area contributed by atoms with E-state index in [0.717, 1.165) is 14.6 Å². The Kier molecular flexibility index (Phi) is 4.82. The monoisotopic (exact) mass is 386 g/mol. The summed E-state index contributed by atoms with van der Waals surface area (Å²) in [6, 6.07) is 5.33. The second-order valence-electron chi connectivity index (χ2n) is 5.79. The zero-order valence-corrected chi connectivity index (χ0v) is 14.8. The molecule has 2 rings (SSSR count). The fourth-order valence-electron chi connectivity index (χ4n) is 1.83. The molecule has 0 radical (unpaired) electrons. The summed E-state index contributed by atoms with van der Waals surface area (Å²) in [6.07, 6.45) is 2.25. The highest BCUT2D eigenvalue weighted by atomic mass is 79.9. The van der Waals surface area contributed by atoms with Gasteiger partial charge in [0, 0.05) is 21.9 Å². The maximum atomic E-state index is 12.3. The fraction of sp³-hybridized carbons (Fsp3) is 0.333. The summed E-state index contributed by atoms with van der Waals surface area (Å²) >= 11 is 9.38. The van der Waals surface area contributed by atoms with Crippen molar-refractivity contribution in [2.24, 2.45) is 0 Å². The Hall–Kier alpha value is -1.53. The summed E-state index contributed by atoms with van der Waals surface area (Å²) in [5.41, 5.74) is -0.271. The predicted molar refractivity (Wildman–Crippen MR) is 88.6 cm³/mol. The molecule has 0 saturated carbocycles. The highest BCUT2D eigenvalue weighted by Crippen LogP contribution is 2.21. The summed E-state index contributed by atoms with van der Waals surface area (Å²) in [6.45, 7) is 5.54. The zero-order valence-electron chi connectivity index (χ0n) is 12.5. The minimum absolute atomic E-state index is 0.301. The molecule has 0 aliphatic heterocycles. The average Bonchev–Trinajstić information content (AvgIpc) is 2.74. The van der Waals surface area contributed by atoms with Gasteiger partial charge in [-0.05, 0) is 44.5 Å². The Labute approximate surface area is 141 Å². The number of carbonyl (C=O) groups excluding carboxylic acids is 1. The van der Waals surface area contributed by atoms with E-state index in [2.05, 4.69) is 15.9 Å². The minimum Gasteiger partial charge on any atom is -0.443 e. The lowest BCUT2D eigenvalue weighted by Crippen LogP contribution is -2.34. The van der Waals surface area contributed by atoms with E-state index in [-0.39, 0.29) is 0 Å². The third kappa shape index (κ3) is 4.01. The predicted octanol–water partition coefficient (Wildman–Crippen LogP) is 3.90. The SMILES string of the molecule is CC(C)(C)OC(=O)n1ccn(Cc2cc(Cl)ccc2Br)c1=O. The number of ether oxygens (including phenoxy) is 1. The number of hydrogen-bond donors (Lipinski definition) is 0. The molecule has 5 nitrogen and oxygen atoms in total. The maximum absolute atomic E-state index is 12.3. The minimum atomic E-state index is -0.693. The number of nitrogens with zero attached hydrogens (tertiary/aromatic N) is 2. The molecular weight excluding hydrogens is 372 g/mol. The van der Waals surface area contributed by atoms with Crippen LogP contribution in [0.25, 0.3) is 0 Å². The summed E-state index contributed by atoms with van der Waals surface area (Å²) in [5, 5.41) is 0.581. The van der Waals surface area contributed by atoms with Crippen LogP contribution in [0, 0.1) is 0 Å². The molecule has 0 bridgehead atoms. The van der Waals surface area contributed by atoms with Gasteiger partial charge in [-0.15, -0.1) is 0 Å².